The number of fused-ring (bicyclic) bond motifs is 2. The van der Waals surface area contributed by atoms with Crippen molar-refractivity contribution in [3.05, 3.63) is 51.7 Å². The van der Waals surface area contributed by atoms with Crippen LogP contribution in [0.2, 0.25) is 0 Å². The van der Waals surface area contributed by atoms with Crippen LogP contribution >= 0.6 is 23.1 Å². The van der Waals surface area contributed by atoms with Gasteiger partial charge in [0.05, 0.1) is 14.4 Å². The van der Waals surface area contributed by atoms with E-state index in [0.29, 0.717) is 5.75 Å². The zero-order chi connectivity index (χ0) is 13.5. The number of hydrogen-bond donors (Lipinski definition) is 1. The van der Waals surface area contributed by atoms with Crippen molar-refractivity contribution >= 4 is 34.2 Å². The third-order valence-corrected chi connectivity index (χ3v) is 5.85. The molecule has 0 radical (unpaired) electrons. The fourth-order valence-electron chi connectivity index (χ4n) is 2.58. The molecule has 108 valence electrons. The highest BCUT2D eigenvalue weighted by molar-refractivity contribution is 8.10. The van der Waals surface area contributed by atoms with E-state index in [1.54, 1.807) is 23.1 Å². The van der Waals surface area contributed by atoms with Gasteiger partial charge in [0.2, 0.25) is 0 Å². The molecule has 0 saturated heterocycles. The molecule has 0 atom stereocenters. The Labute approximate surface area is 130 Å². The van der Waals surface area contributed by atoms with Crippen LogP contribution in [0.25, 0.3) is 21.5 Å². The zero-order valence-corrected chi connectivity index (χ0v) is 12.9. The highest BCUT2D eigenvalue weighted by atomic mass is 32.2. The van der Waals surface area contributed by atoms with Crippen LogP contribution in [0.3, 0.4) is 0 Å². The molecule has 21 heavy (non-hydrogen) atoms. The summed E-state index contributed by atoms with van der Waals surface area (Å²) in [5, 5.41) is 15.0. The lowest BCUT2D eigenvalue weighted by Crippen LogP contribution is -2.23. The van der Waals surface area contributed by atoms with Crippen molar-refractivity contribution in [1.82, 2.24) is 4.90 Å². The van der Waals surface area contributed by atoms with Gasteiger partial charge in [0, 0.05) is 18.0 Å². The lowest BCUT2D eigenvalue weighted by atomic mass is 10.1. The van der Waals surface area contributed by atoms with E-state index in [-0.39, 0.29) is 5.48 Å². The number of rotatable bonds is 1. The monoisotopic (exact) mass is 317 g/mol. The smallest absolute Gasteiger partial charge is 0.141 e. The summed E-state index contributed by atoms with van der Waals surface area (Å²) in [6.07, 6.45) is 5.25. The van der Waals surface area contributed by atoms with Crippen molar-refractivity contribution < 1.29 is 10.6 Å². The Morgan fingerprint density at radius 3 is 2.76 bits per heavy atom. The minimum absolute atomic E-state index is 0. The van der Waals surface area contributed by atoms with E-state index in [1.807, 2.05) is 30.3 Å². The molecule has 0 saturated carbocycles. The molecule has 0 amide bonds. The first-order valence-electron chi connectivity index (χ1n) is 6.56. The van der Waals surface area contributed by atoms with Crippen molar-refractivity contribution in [1.29, 1.82) is 0 Å². The molecule has 4 rings (SSSR count). The van der Waals surface area contributed by atoms with E-state index >= 15 is 0 Å². The van der Waals surface area contributed by atoms with Gasteiger partial charge in [0.25, 0.3) is 0 Å². The van der Waals surface area contributed by atoms with E-state index < -0.39 is 0 Å². The second kappa shape index (κ2) is 5.60. The summed E-state index contributed by atoms with van der Waals surface area (Å²) in [4.78, 5) is 3.24. The van der Waals surface area contributed by atoms with Crippen molar-refractivity contribution in [2.24, 2.45) is 0 Å². The first kappa shape index (κ1) is 14.3. The molecule has 5 heteroatoms. The summed E-state index contributed by atoms with van der Waals surface area (Å²) < 4.78 is 1.19. The molecule has 3 N–H and O–H groups in total. The van der Waals surface area contributed by atoms with Gasteiger partial charge in [-0.25, -0.2) is 0 Å². The maximum Gasteiger partial charge on any atom is 0.141 e. The Morgan fingerprint density at radius 2 is 1.95 bits per heavy atom. The van der Waals surface area contributed by atoms with E-state index in [1.165, 1.54) is 9.56 Å². The molecule has 3 nitrogen and oxygen atoms in total. The van der Waals surface area contributed by atoms with Crippen LogP contribution in [-0.4, -0.2) is 22.0 Å². The molecule has 0 aliphatic carbocycles. The quantitative estimate of drug-likeness (QED) is 0.876. The number of hydrogen-bond acceptors (Lipinski definition) is 4. The molecular weight excluding hydrogens is 302 g/mol. The van der Waals surface area contributed by atoms with Crippen molar-refractivity contribution in [2.75, 3.05) is 6.54 Å². The molecule has 1 aromatic carbocycles. The van der Waals surface area contributed by atoms with Gasteiger partial charge >= 0.3 is 0 Å². The lowest BCUT2D eigenvalue weighted by Gasteiger charge is -2.14. The SMILES string of the molecule is O.Oc1c(-c2ccccc2)sc2c1=CCCN1C=CSC=21. The van der Waals surface area contributed by atoms with Gasteiger partial charge in [-0.1, -0.05) is 48.2 Å². The number of thioether (sulfide) groups is 1. The van der Waals surface area contributed by atoms with Gasteiger partial charge in [0.1, 0.15) is 5.75 Å². The molecule has 2 aliphatic heterocycles. The highest BCUT2D eigenvalue weighted by Crippen LogP contribution is 2.34. The predicted molar refractivity (Wildman–Crippen MR) is 90.2 cm³/mol. The highest BCUT2D eigenvalue weighted by Gasteiger charge is 2.20. The van der Waals surface area contributed by atoms with Crippen LogP contribution in [0.5, 0.6) is 5.75 Å². The van der Waals surface area contributed by atoms with Crippen LogP contribution in [0, 0.1) is 0 Å². The van der Waals surface area contributed by atoms with E-state index in [2.05, 4.69) is 22.6 Å². The van der Waals surface area contributed by atoms with Gasteiger partial charge in [-0.2, -0.15) is 0 Å². The number of aromatic hydroxyl groups is 1. The molecule has 2 aliphatic rings. The summed E-state index contributed by atoms with van der Waals surface area (Å²) in [5.41, 5.74) is 1.08. The summed E-state index contributed by atoms with van der Waals surface area (Å²) >= 11 is 3.42. The largest absolute Gasteiger partial charge is 0.506 e. The number of nitrogens with zero attached hydrogens (tertiary/aromatic N) is 1. The first-order chi connectivity index (χ1) is 9.84. The molecule has 0 bridgehead atoms. The topological polar surface area (TPSA) is 55.0 Å². The van der Waals surface area contributed by atoms with E-state index in [9.17, 15) is 5.11 Å². The molecule has 0 spiro atoms. The Kier molecular flexibility index (Phi) is 3.80. The normalized spacial score (nSPS) is 15.8. The Morgan fingerprint density at radius 1 is 1.14 bits per heavy atom. The molecule has 3 heterocycles. The van der Waals surface area contributed by atoms with E-state index in [0.717, 1.165) is 28.6 Å². The van der Waals surface area contributed by atoms with Crippen molar-refractivity contribution in [3.8, 4) is 16.2 Å². The predicted octanol–water partition coefficient (Wildman–Crippen LogP) is 2.07. The molecule has 0 fully saturated rings. The second-order valence-electron chi connectivity index (χ2n) is 4.78. The van der Waals surface area contributed by atoms with Gasteiger partial charge in [-0.05, 0) is 17.4 Å². The van der Waals surface area contributed by atoms with Crippen LogP contribution in [0.15, 0.2) is 41.9 Å². The second-order valence-corrected chi connectivity index (χ2v) is 6.70. The molecule has 2 aromatic rings. The fourth-order valence-corrected chi connectivity index (χ4v) is 4.85. The van der Waals surface area contributed by atoms with Gasteiger partial charge < -0.3 is 15.5 Å². The lowest BCUT2D eigenvalue weighted by molar-refractivity contribution is 0.475. The Balaban J connectivity index is 0.00000132. The Hall–Kier alpha value is -1.69. The van der Waals surface area contributed by atoms with Crippen LogP contribution in [-0.2, 0) is 0 Å². The molecule has 1 aromatic heterocycles. The third-order valence-electron chi connectivity index (χ3n) is 3.55. The van der Waals surface area contributed by atoms with Gasteiger partial charge in [-0.15, -0.1) is 11.3 Å². The molecular formula is C16H15NO2S2. The minimum Gasteiger partial charge on any atom is -0.506 e. The van der Waals surface area contributed by atoms with Crippen molar-refractivity contribution in [2.45, 2.75) is 6.42 Å². The Bertz CT molecular complexity index is 809. The zero-order valence-electron chi connectivity index (χ0n) is 11.2. The summed E-state index contributed by atoms with van der Waals surface area (Å²) in [6.45, 7) is 0.986. The third kappa shape index (κ3) is 2.27. The maximum atomic E-state index is 10.6. The average Bonchev–Trinajstić information content (AvgIpc) is 3.02. The first-order valence-corrected chi connectivity index (χ1v) is 8.26. The summed E-state index contributed by atoms with van der Waals surface area (Å²) in [5.74, 6) is 0.429. The van der Waals surface area contributed by atoms with Crippen LogP contribution < -0.4 is 9.75 Å². The average molecular weight is 317 g/mol. The number of thiophene rings is 1. The van der Waals surface area contributed by atoms with Gasteiger partial charge in [-0.3, -0.25) is 0 Å². The maximum absolute atomic E-state index is 10.6. The fraction of sp³-hybridized carbons (Fsp3) is 0.125. The summed E-state index contributed by atoms with van der Waals surface area (Å²) in [7, 11) is 0. The van der Waals surface area contributed by atoms with Gasteiger partial charge in [0.15, 0.2) is 0 Å². The number of benzene rings is 1. The molecule has 0 unspecified atom stereocenters. The standard InChI is InChI=1S/C16H13NOS2.H2O/c18-13-12-7-4-8-17-9-10-19-16(17)15(12)20-14(13)11-5-2-1-3-6-11;/h1-3,5-7,9-10,18H,4,8H2;1H2. The minimum atomic E-state index is 0. The van der Waals surface area contributed by atoms with Crippen molar-refractivity contribution in [3.63, 3.8) is 0 Å². The van der Waals surface area contributed by atoms with E-state index in [4.69, 9.17) is 0 Å². The van der Waals surface area contributed by atoms with Crippen LogP contribution in [0.1, 0.15) is 6.42 Å². The summed E-state index contributed by atoms with van der Waals surface area (Å²) in [6, 6.07) is 10.1. The van der Waals surface area contributed by atoms with Crippen LogP contribution in [0.4, 0.5) is 0 Å².